The maximum Gasteiger partial charge on any atom is 0.275 e. The Balaban J connectivity index is 1.40. The van der Waals surface area contributed by atoms with Gasteiger partial charge in [0.1, 0.15) is 5.69 Å². The van der Waals surface area contributed by atoms with E-state index in [-0.39, 0.29) is 5.91 Å². The Morgan fingerprint density at radius 3 is 2.86 bits per heavy atom. The van der Waals surface area contributed by atoms with Crippen LogP contribution in [0.1, 0.15) is 64.4 Å². The molecule has 0 bridgehead atoms. The zero-order chi connectivity index (χ0) is 20.4. The lowest BCUT2D eigenvalue weighted by molar-refractivity contribution is 0.101. The molecule has 1 aliphatic carbocycles. The third kappa shape index (κ3) is 4.19. The number of hydrogen-bond donors (Lipinski definition) is 2. The van der Waals surface area contributed by atoms with E-state index in [9.17, 15) is 4.79 Å². The van der Waals surface area contributed by atoms with Crippen molar-refractivity contribution in [3.05, 3.63) is 52.7 Å². The van der Waals surface area contributed by atoms with Crippen LogP contribution in [0.3, 0.4) is 0 Å². The monoisotopic (exact) mass is 395 g/mol. The number of carbonyl (C=O) groups is 1. The summed E-state index contributed by atoms with van der Waals surface area (Å²) in [5.74, 6) is 1.03. The highest BCUT2D eigenvalue weighted by atomic mass is 16.5. The number of ether oxygens (including phenoxy) is 1. The number of carbonyl (C=O) groups excluding carboxylic acids is 1. The van der Waals surface area contributed by atoms with Gasteiger partial charge >= 0.3 is 0 Å². The summed E-state index contributed by atoms with van der Waals surface area (Å²) in [7, 11) is 3.33. The van der Waals surface area contributed by atoms with E-state index in [1.54, 1.807) is 24.9 Å². The fourth-order valence-corrected chi connectivity index (χ4v) is 3.91. The van der Waals surface area contributed by atoms with Gasteiger partial charge in [0.05, 0.1) is 23.7 Å². The predicted molar refractivity (Wildman–Crippen MR) is 107 cm³/mol. The average molecular weight is 395 g/mol. The number of aromatic amines is 1. The number of amides is 1. The molecule has 1 amide bonds. The van der Waals surface area contributed by atoms with E-state index in [2.05, 4.69) is 36.9 Å². The SMILES string of the molecule is COCc1cc(C(=O)Nc2cc([C@@H]3CC[C@@H](c4ccc(C)nn4)C3)[nH]n2)n(C)n1. The van der Waals surface area contributed by atoms with Gasteiger partial charge in [0.15, 0.2) is 5.82 Å². The lowest BCUT2D eigenvalue weighted by atomic mass is 9.99. The molecule has 0 radical (unpaired) electrons. The molecule has 0 aromatic carbocycles. The average Bonchev–Trinajstić information content (AvgIpc) is 3.42. The first-order valence-electron chi connectivity index (χ1n) is 9.72. The number of aromatic nitrogens is 6. The highest BCUT2D eigenvalue weighted by Gasteiger charge is 2.29. The Morgan fingerprint density at radius 2 is 2.10 bits per heavy atom. The topological polar surface area (TPSA) is 111 Å². The van der Waals surface area contributed by atoms with Crippen molar-refractivity contribution in [1.82, 2.24) is 30.2 Å². The summed E-state index contributed by atoms with van der Waals surface area (Å²) in [6.45, 7) is 2.31. The van der Waals surface area contributed by atoms with Crippen molar-refractivity contribution in [2.75, 3.05) is 12.4 Å². The molecule has 2 N–H and O–H groups in total. The van der Waals surface area contributed by atoms with Gasteiger partial charge < -0.3 is 10.1 Å². The number of H-pyrrole nitrogens is 1. The Bertz CT molecular complexity index is 993. The van der Waals surface area contributed by atoms with Crippen molar-refractivity contribution in [3.63, 3.8) is 0 Å². The van der Waals surface area contributed by atoms with Crippen molar-refractivity contribution in [1.29, 1.82) is 0 Å². The first-order valence-corrected chi connectivity index (χ1v) is 9.72. The molecular formula is C20H25N7O2. The molecule has 3 heterocycles. The van der Waals surface area contributed by atoms with Gasteiger partial charge in [-0.3, -0.25) is 14.6 Å². The maximum absolute atomic E-state index is 12.6. The molecule has 9 nitrogen and oxygen atoms in total. The second kappa shape index (κ2) is 8.12. The number of anilines is 1. The lowest BCUT2D eigenvalue weighted by Crippen LogP contribution is -2.16. The van der Waals surface area contributed by atoms with E-state index in [4.69, 9.17) is 4.74 Å². The Labute approximate surface area is 168 Å². The molecule has 0 aliphatic heterocycles. The van der Waals surface area contributed by atoms with E-state index in [1.165, 1.54) is 0 Å². The van der Waals surface area contributed by atoms with Crippen molar-refractivity contribution in [3.8, 4) is 0 Å². The van der Waals surface area contributed by atoms with E-state index in [0.717, 1.165) is 36.3 Å². The number of rotatable bonds is 6. The number of aryl methyl sites for hydroxylation is 2. The molecule has 152 valence electrons. The number of nitrogens with zero attached hydrogens (tertiary/aromatic N) is 5. The van der Waals surface area contributed by atoms with E-state index in [0.29, 0.717) is 35.6 Å². The summed E-state index contributed by atoms with van der Waals surface area (Å²) in [5.41, 5.74) is 4.18. The number of nitrogens with one attached hydrogen (secondary N) is 2. The van der Waals surface area contributed by atoms with Gasteiger partial charge in [-0.05, 0) is 44.4 Å². The zero-order valence-electron chi connectivity index (χ0n) is 16.8. The van der Waals surface area contributed by atoms with Crippen molar-refractivity contribution < 1.29 is 9.53 Å². The maximum atomic E-state index is 12.6. The third-order valence-corrected chi connectivity index (χ3v) is 5.40. The van der Waals surface area contributed by atoms with Crippen LogP contribution in [0.15, 0.2) is 24.3 Å². The summed E-state index contributed by atoms with van der Waals surface area (Å²) < 4.78 is 6.61. The van der Waals surface area contributed by atoms with Gasteiger partial charge in [-0.25, -0.2) is 0 Å². The molecule has 0 saturated heterocycles. The molecule has 1 aliphatic rings. The fourth-order valence-electron chi connectivity index (χ4n) is 3.91. The largest absolute Gasteiger partial charge is 0.378 e. The quantitative estimate of drug-likeness (QED) is 0.664. The normalized spacial score (nSPS) is 18.9. The summed E-state index contributed by atoms with van der Waals surface area (Å²) in [6, 6.07) is 7.71. The minimum Gasteiger partial charge on any atom is -0.378 e. The minimum absolute atomic E-state index is 0.250. The fraction of sp³-hybridized carbons (Fsp3) is 0.450. The summed E-state index contributed by atoms with van der Waals surface area (Å²) >= 11 is 0. The van der Waals surface area contributed by atoms with Gasteiger partial charge in [-0.1, -0.05) is 0 Å². The molecular weight excluding hydrogens is 370 g/mol. The van der Waals surface area contributed by atoms with Crippen LogP contribution in [0.25, 0.3) is 0 Å². The molecule has 4 rings (SSSR count). The van der Waals surface area contributed by atoms with Crippen LogP contribution in [0.5, 0.6) is 0 Å². The van der Waals surface area contributed by atoms with E-state index >= 15 is 0 Å². The Hall–Kier alpha value is -3.07. The first kappa shape index (κ1) is 19.3. The van der Waals surface area contributed by atoms with Crippen molar-refractivity contribution in [2.45, 2.75) is 44.6 Å². The molecule has 29 heavy (non-hydrogen) atoms. The van der Waals surface area contributed by atoms with Crippen LogP contribution >= 0.6 is 0 Å². The van der Waals surface area contributed by atoms with Gasteiger partial charge in [0.25, 0.3) is 5.91 Å². The molecule has 0 unspecified atom stereocenters. The van der Waals surface area contributed by atoms with Crippen LogP contribution in [-0.4, -0.2) is 43.2 Å². The first-order chi connectivity index (χ1) is 14.0. The Morgan fingerprint density at radius 1 is 1.28 bits per heavy atom. The smallest absolute Gasteiger partial charge is 0.275 e. The van der Waals surface area contributed by atoms with Gasteiger partial charge in [0, 0.05) is 37.8 Å². The van der Waals surface area contributed by atoms with Crippen LogP contribution in [0.2, 0.25) is 0 Å². The Kier molecular flexibility index (Phi) is 5.39. The zero-order valence-corrected chi connectivity index (χ0v) is 16.8. The molecule has 2 atom stereocenters. The third-order valence-electron chi connectivity index (χ3n) is 5.40. The highest BCUT2D eigenvalue weighted by Crippen LogP contribution is 2.42. The molecule has 0 spiro atoms. The van der Waals surface area contributed by atoms with E-state index < -0.39 is 0 Å². The van der Waals surface area contributed by atoms with Crippen molar-refractivity contribution >= 4 is 11.7 Å². The van der Waals surface area contributed by atoms with Gasteiger partial charge in [0.2, 0.25) is 0 Å². The van der Waals surface area contributed by atoms with Crippen LogP contribution in [0.4, 0.5) is 5.82 Å². The molecule has 1 fully saturated rings. The summed E-state index contributed by atoms with van der Waals surface area (Å²) in [6.07, 6.45) is 3.12. The molecule has 9 heteroatoms. The van der Waals surface area contributed by atoms with Crippen LogP contribution < -0.4 is 5.32 Å². The van der Waals surface area contributed by atoms with Crippen molar-refractivity contribution in [2.24, 2.45) is 7.05 Å². The van der Waals surface area contributed by atoms with Gasteiger partial charge in [-0.15, -0.1) is 0 Å². The minimum atomic E-state index is -0.250. The lowest BCUT2D eigenvalue weighted by Gasteiger charge is -2.09. The predicted octanol–water partition coefficient (Wildman–Crippen LogP) is 2.69. The highest BCUT2D eigenvalue weighted by molar-refractivity contribution is 6.02. The standard InChI is InChI=1S/C20H25N7O2/c1-12-4-7-16(23-22-12)13-5-6-14(8-13)17-10-19(25-24-17)21-20(28)18-9-15(11-29-3)26-27(18)2/h4,7,9-10,13-14H,5-6,8,11H2,1-3H3,(H2,21,24,25,28)/t13-,14-/m1/s1. The molecule has 3 aromatic heterocycles. The van der Waals surface area contributed by atoms with Gasteiger partial charge in [-0.2, -0.15) is 20.4 Å². The number of methoxy groups -OCH3 is 1. The summed E-state index contributed by atoms with van der Waals surface area (Å²) in [5, 5.41) is 23.0. The molecule has 1 saturated carbocycles. The second-order valence-corrected chi connectivity index (χ2v) is 7.55. The number of hydrogen-bond acceptors (Lipinski definition) is 6. The molecule has 3 aromatic rings. The second-order valence-electron chi connectivity index (χ2n) is 7.55. The van der Waals surface area contributed by atoms with Crippen LogP contribution in [0, 0.1) is 6.92 Å². The van der Waals surface area contributed by atoms with E-state index in [1.807, 2.05) is 19.1 Å². The van der Waals surface area contributed by atoms with Crippen LogP contribution in [-0.2, 0) is 18.4 Å². The summed E-state index contributed by atoms with van der Waals surface area (Å²) in [4.78, 5) is 12.6.